The molecule has 2 aromatic rings. The van der Waals surface area contributed by atoms with E-state index < -0.39 is 0 Å². The van der Waals surface area contributed by atoms with Gasteiger partial charge in [-0.2, -0.15) is 0 Å². The van der Waals surface area contributed by atoms with Gasteiger partial charge in [0.2, 0.25) is 0 Å². The fourth-order valence-corrected chi connectivity index (χ4v) is 3.86. The summed E-state index contributed by atoms with van der Waals surface area (Å²) in [7, 11) is 0. The van der Waals surface area contributed by atoms with Crippen LogP contribution < -0.4 is 4.74 Å². The zero-order valence-corrected chi connectivity index (χ0v) is 16.1. The highest BCUT2D eigenvalue weighted by Gasteiger charge is 2.21. The fourth-order valence-electron chi connectivity index (χ4n) is 3.86. The minimum absolute atomic E-state index is 0.244. The van der Waals surface area contributed by atoms with Gasteiger partial charge in [-0.3, -0.25) is 0 Å². The molecule has 0 atom stereocenters. The number of carbonyl (C=O) groups excluding carboxylic acids is 1. The maximum atomic E-state index is 10.9. The lowest BCUT2D eigenvalue weighted by Crippen LogP contribution is -2.20. The fraction of sp³-hybridized carbons (Fsp3) is 0.417. The van der Waals surface area contributed by atoms with Gasteiger partial charge in [0.1, 0.15) is 12.0 Å². The van der Waals surface area contributed by atoms with Crippen LogP contribution in [-0.2, 0) is 11.2 Å². The second-order valence-corrected chi connectivity index (χ2v) is 7.57. The average Bonchev–Trinajstić information content (AvgIpc) is 2.73. The summed E-state index contributed by atoms with van der Waals surface area (Å²) in [6.07, 6.45) is 8.82. The molecule has 2 aromatic carbocycles. The van der Waals surface area contributed by atoms with Crippen molar-refractivity contribution in [3.05, 3.63) is 53.6 Å². The van der Waals surface area contributed by atoms with Gasteiger partial charge in [-0.05, 0) is 66.8 Å². The first-order valence-electron chi connectivity index (χ1n) is 10.1. The summed E-state index contributed by atoms with van der Waals surface area (Å²) >= 11 is 0. The predicted molar refractivity (Wildman–Crippen MR) is 111 cm³/mol. The number of hydrogen-bond acceptors (Lipinski definition) is 3. The molecule has 142 valence electrons. The van der Waals surface area contributed by atoms with Crippen molar-refractivity contribution in [1.29, 1.82) is 5.41 Å². The van der Waals surface area contributed by atoms with Gasteiger partial charge in [0.25, 0.3) is 0 Å². The normalized spacial score (nSPS) is 19.4. The lowest BCUT2D eigenvalue weighted by Gasteiger charge is -2.25. The summed E-state index contributed by atoms with van der Waals surface area (Å²) in [6.45, 7) is 2.88. The Labute approximate surface area is 162 Å². The number of aldehydes is 1. The van der Waals surface area contributed by atoms with E-state index in [0.717, 1.165) is 67.3 Å². The van der Waals surface area contributed by atoms with Crippen LogP contribution in [0.5, 0.6) is 5.75 Å². The summed E-state index contributed by atoms with van der Waals surface area (Å²) in [5.74, 6) is 1.58. The molecule has 3 heteroatoms. The third-order valence-corrected chi connectivity index (χ3v) is 5.55. The summed E-state index contributed by atoms with van der Waals surface area (Å²) in [5, 5.41) is 7.80. The first kappa shape index (κ1) is 19.3. The highest BCUT2D eigenvalue weighted by atomic mass is 16.5. The Bertz CT molecular complexity index is 758. The summed E-state index contributed by atoms with van der Waals surface area (Å²) in [6, 6.07) is 14.6. The summed E-state index contributed by atoms with van der Waals surface area (Å²) in [4.78, 5) is 10.9. The molecule has 1 N–H and O–H groups in total. The van der Waals surface area contributed by atoms with Crippen LogP contribution in [0.3, 0.4) is 0 Å². The van der Waals surface area contributed by atoms with Gasteiger partial charge in [-0.15, -0.1) is 0 Å². The number of carbonyl (C=O) groups is 1. The minimum Gasteiger partial charge on any atom is -0.493 e. The van der Waals surface area contributed by atoms with Gasteiger partial charge in [0.15, 0.2) is 0 Å². The molecule has 3 rings (SSSR count). The molecule has 1 aliphatic rings. The predicted octanol–water partition coefficient (Wildman–Crippen LogP) is 5.69. The van der Waals surface area contributed by atoms with E-state index in [1.54, 1.807) is 0 Å². The third-order valence-electron chi connectivity index (χ3n) is 5.55. The molecule has 3 nitrogen and oxygen atoms in total. The van der Waals surface area contributed by atoms with Crippen LogP contribution in [0.4, 0.5) is 0 Å². The standard InChI is InChI=1S/C24H29NO2/c1-2-3-18-8-10-21(11-9-18)24-13-12-23(14-22(24)15-25)27-17-20-6-4-19(16-26)5-7-20/h8-16,19-20,25H,2-7,17H2,1H3. The Morgan fingerprint density at radius 2 is 1.81 bits per heavy atom. The Morgan fingerprint density at radius 1 is 1.07 bits per heavy atom. The minimum atomic E-state index is 0.244. The van der Waals surface area contributed by atoms with Crippen molar-refractivity contribution >= 4 is 12.5 Å². The quantitative estimate of drug-likeness (QED) is 0.484. The first-order chi connectivity index (χ1) is 13.2. The SMILES string of the molecule is CCCc1ccc(-c2ccc(OCC3CCC(C=O)CC3)cc2C=N)cc1. The van der Waals surface area contributed by atoms with Crippen LogP contribution in [0.1, 0.15) is 50.2 Å². The number of hydrogen-bond donors (Lipinski definition) is 1. The van der Waals surface area contributed by atoms with E-state index in [4.69, 9.17) is 10.1 Å². The van der Waals surface area contributed by atoms with Crippen LogP contribution in [0.2, 0.25) is 0 Å². The van der Waals surface area contributed by atoms with E-state index in [0.29, 0.717) is 12.5 Å². The zero-order chi connectivity index (χ0) is 19.1. The van der Waals surface area contributed by atoms with Gasteiger partial charge < -0.3 is 14.9 Å². The van der Waals surface area contributed by atoms with Crippen molar-refractivity contribution in [2.24, 2.45) is 11.8 Å². The Hall–Kier alpha value is -2.42. The van der Waals surface area contributed by atoms with Crippen molar-refractivity contribution in [1.82, 2.24) is 0 Å². The van der Waals surface area contributed by atoms with Crippen molar-refractivity contribution < 1.29 is 9.53 Å². The monoisotopic (exact) mass is 363 g/mol. The zero-order valence-electron chi connectivity index (χ0n) is 16.1. The third kappa shape index (κ3) is 5.06. The number of rotatable bonds is 8. The maximum Gasteiger partial charge on any atom is 0.123 e. The molecule has 1 fully saturated rings. The summed E-state index contributed by atoms with van der Waals surface area (Å²) in [5.41, 5.74) is 4.42. The lowest BCUT2D eigenvalue weighted by molar-refractivity contribution is -0.112. The van der Waals surface area contributed by atoms with E-state index >= 15 is 0 Å². The Kier molecular flexibility index (Phi) is 6.80. The molecule has 27 heavy (non-hydrogen) atoms. The molecule has 0 unspecified atom stereocenters. The van der Waals surface area contributed by atoms with Crippen molar-refractivity contribution in [3.63, 3.8) is 0 Å². The second kappa shape index (κ2) is 9.50. The van der Waals surface area contributed by atoms with Crippen LogP contribution in [0, 0.1) is 17.2 Å². The highest BCUT2D eigenvalue weighted by molar-refractivity contribution is 5.89. The van der Waals surface area contributed by atoms with Gasteiger partial charge >= 0.3 is 0 Å². The highest BCUT2D eigenvalue weighted by Crippen LogP contribution is 2.30. The topological polar surface area (TPSA) is 50.2 Å². The molecule has 1 aliphatic carbocycles. The van der Waals surface area contributed by atoms with Crippen LogP contribution in [-0.4, -0.2) is 19.1 Å². The number of aryl methyl sites for hydroxylation is 1. The Morgan fingerprint density at radius 3 is 2.44 bits per heavy atom. The number of benzene rings is 2. The number of ether oxygens (including phenoxy) is 1. The smallest absolute Gasteiger partial charge is 0.123 e. The molecule has 0 heterocycles. The van der Waals surface area contributed by atoms with Crippen LogP contribution in [0.15, 0.2) is 42.5 Å². The largest absolute Gasteiger partial charge is 0.493 e. The van der Waals surface area contributed by atoms with E-state index in [-0.39, 0.29) is 5.92 Å². The second-order valence-electron chi connectivity index (χ2n) is 7.57. The molecule has 0 spiro atoms. The van der Waals surface area contributed by atoms with Gasteiger partial charge in [-0.25, -0.2) is 0 Å². The molecular weight excluding hydrogens is 334 g/mol. The van der Waals surface area contributed by atoms with E-state index in [1.165, 1.54) is 11.8 Å². The summed E-state index contributed by atoms with van der Waals surface area (Å²) < 4.78 is 6.01. The van der Waals surface area contributed by atoms with Gasteiger partial charge in [0, 0.05) is 17.7 Å². The molecule has 0 aromatic heterocycles. The average molecular weight is 364 g/mol. The first-order valence-corrected chi connectivity index (χ1v) is 10.1. The van der Waals surface area contributed by atoms with Crippen LogP contribution >= 0.6 is 0 Å². The molecular formula is C24H29NO2. The Balaban J connectivity index is 1.65. The van der Waals surface area contributed by atoms with Gasteiger partial charge in [0.05, 0.1) is 6.61 Å². The van der Waals surface area contributed by atoms with Crippen LogP contribution in [0.25, 0.3) is 11.1 Å². The molecule has 0 aliphatic heterocycles. The van der Waals surface area contributed by atoms with Crippen molar-refractivity contribution in [3.8, 4) is 16.9 Å². The molecule has 0 bridgehead atoms. The molecule has 0 radical (unpaired) electrons. The number of nitrogens with one attached hydrogen (secondary N) is 1. The maximum absolute atomic E-state index is 10.9. The van der Waals surface area contributed by atoms with Crippen molar-refractivity contribution in [2.75, 3.05) is 6.61 Å². The lowest BCUT2D eigenvalue weighted by atomic mass is 9.83. The van der Waals surface area contributed by atoms with E-state index in [1.807, 2.05) is 18.2 Å². The van der Waals surface area contributed by atoms with Crippen molar-refractivity contribution in [2.45, 2.75) is 45.4 Å². The molecule has 1 saturated carbocycles. The molecule has 0 saturated heterocycles. The van der Waals surface area contributed by atoms with E-state index in [9.17, 15) is 4.79 Å². The molecule has 0 amide bonds. The van der Waals surface area contributed by atoms with Gasteiger partial charge in [-0.1, -0.05) is 43.7 Å². The van der Waals surface area contributed by atoms with E-state index in [2.05, 4.69) is 31.2 Å².